The number of benzene rings is 1. The normalized spacial score (nSPS) is 11.2. The highest BCUT2D eigenvalue weighted by Gasteiger charge is 2.04. The van der Waals surface area contributed by atoms with Gasteiger partial charge in [0.25, 0.3) is 6.43 Å². The van der Waals surface area contributed by atoms with Gasteiger partial charge in [0.15, 0.2) is 5.96 Å². The van der Waals surface area contributed by atoms with Crippen LogP contribution in [0, 0.1) is 0 Å². The Morgan fingerprint density at radius 2 is 2.00 bits per heavy atom. The third-order valence-electron chi connectivity index (χ3n) is 3.23. The van der Waals surface area contributed by atoms with E-state index in [2.05, 4.69) is 15.6 Å². The molecule has 0 saturated heterocycles. The van der Waals surface area contributed by atoms with E-state index in [0.717, 1.165) is 25.1 Å². The van der Waals surface area contributed by atoms with Crippen molar-refractivity contribution in [3.05, 3.63) is 29.8 Å². The SMILES string of the molecule is CCNC(=NCc1cccc(OCC(F)F)c1)NCCCOCCOC.I. The lowest BCUT2D eigenvalue weighted by molar-refractivity contribution is 0.0698. The number of rotatable bonds is 13. The van der Waals surface area contributed by atoms with Crippen LogP contribution in [0.3, 0.4) is 0 Å². The van der Waals surface area contributed by atoms with Gasteiger partial charge in [0.2, 0.25) is 0 Å². The van der Waals surface area contributed by atoms with Gasteiger partial charge < -0.3 is 24.8 Å². The van der Waals surface area contributed by atoms with Crippen LogP contribution in [0.2, 0.25) is 0 Å². The van der Waals surface area contributed by atoms with Crippen LogP contribution < -0.4 is 15.4 Å². The molecule has 1 rings (SSSR count). The number of ether oxygens (including phenoxy) is 3. The Hall–Kier alpha value is -1.20. The zero-order valence-electron chi connectivity index (χ0n) is 15.9. The minimum atomic E-state index is -2.49. The number of alkyl halides is 2. The average Bonchev–Trinajstić information content (AvgIpc) is 2.64. The summed E-state index contributed by atoms with van der Waals surface area (Å²) in [6, 6.07) is 7.02. The molecule has 6 nitrogen and oxygen atoms in total. The van der Waals surface area contributed by atoms with Gasteiger partial charge in [0.1, 0.15) is 12.4 Å². The standard InChI is InChI=1S/C18H29F2N3O3.HI/c1-3-21-18(22-8-5-9-25-11-10-24-2)23-13-15-6-4-7-16(12-15)26-14-17(19)20;/h4,6-7,12,17H,3,5,8-11,13-14H2,1-2H3,(H2,21,22,23);1H. The van der Waals surface area contributed by atoms with Gasteiger partial charge in [-0.15, -0.1) is 24.0 Å². The largest absolute Gasteiger partial charge is 0.488 e. The first-order valence-electron chi connectivity index (χ1n) is 8.74. The van der Waals surface area contributed by atoms with Gasteiger partial charge in [-0.2, -0.15) is 0 Å². The van der Waals surface area contributed by atoms with E-state index in [1.54, 1.807) is 25.3 Å². The average molecular weight is 501 g/mol. The van der Waals surface area contributed by atoms with Crippen molar-refractivity contribution in [3.8, 4) is 5.75 Å². The summed E-state index contributed by atoms with van der Waals surface area (Å²) in [7, 11) is 1.64. The number of halogens is 3. The molecule has 27 heavy (non-hydrogen) atoms. The van der Waals surface area contributed by atoms with Crippen molar-refractivity contribution in [2.45, 2.75) is 26.3 Å². The molecule has 0 aliphatic carbocycles. The Morgan fingerprint density at radius 1 is 1.19 bits per heavy atom. The van der Waals surface area contributed by atoms with Crippen molar-refractivity contribution in [1.29, 1.82) is 0 Å². The molecule has 0 atom stereocenters. The smallest absolute Gasteiger partial charge is 0.272 e. The molecule has 2 N–H and O–H groups in total. The molecule has 0 saturated carbocycles. The van der Waals surface area contributed by atoms with E-state index >= 15 is 0 Å². The molecule has 0 aromatic heterocycles. The number of hydrogen-bond acceptors (Lipinski definition) is 4. The minimum absolute atomic E-state index is 0. The van der Waals surface area contributed by atoms with Crippen LogP contribution in [0.1, 0.15) is 18.9 Å². The van der Waals surface area contributed by atoms with Crippen LogP contribution in [0.25, 0.3) is 0 Å². The quantitative estimate of drug-likeness (QED) is 0.188. The van der Waals surface area contributed by atoms with Crippen LogP contribution in [0.5, 0.6) is 5.75 Å². The lowest BCUT2D eigenvalue weighted by Crippen LogP contribution is -2.38. The molecule has 0 aliphatic rings. The second-order valence-electron chi connectivity index (χ2n) is 5.43. The second-order valence-corrected chi connectivity index (χ2v) is 5.43. The highest BCUT2D eigenvalue weighted by atomic mass is 127. The Labute approximate surface area is 177 Å². The van der Waals surface area contributed by atoms with Crippen LogP contribution in [0.4, 0.5) is 8.78 Å². The highest BCUT2D eigenvalue weighted by molar-refractivity contribution is 14.0. The molecule has 0 radical (unpaired) electrons. The molecular formula is C18H30F2IN3O3. The zero-order valence-corrected chi connectivity index (χ0v) is 18.2. The third kappa shape index (κ3) is 13.6. The summed E-state index contributed by atoms with van der Waals surface area (Å²) in [4.78, 5) is 4.50. The van der Waals surface area contributed by atoms with Gasteiger partial charge in [-0.1, -0.05) is 12.1 Å². The molecule has 0 heterocycles. The Balaban J connectivity index is 0.00000676. The highest BCUT2D eigenvalue weighted by Crippen LogP contribution is 2.14. The summed E-state index contributed by atoms with van der Waals surface area (Å²) in [6.07, 6.45) is -1.63. The topological polar surface area (TPSA) is 64.1 Å². The maximum Gasteiger partial charge on any atom is 0.272 e. The monoisotopic (exact) mass is 501 g/mol. The molecule has 1 aromatic rings. The van der Waals surface area contributed by atoms with E-state index < -0.39 is 13.0 Å². The third-order valence-corrected chi connectivity index (χ3v) is 3.23. The van der Waals surface area contributed by atoms with Crippen molar-refractivity contribution in [2.75, 3.05) is 46.6 Å². The van der Waals surface area contributed by atoms with E-state index in [1.807, 2.05) is 13.0 Å². The lowest BCUT2D eigenvalue weighted by Gasteiger charge is -2.12. The first kappa shape index (κ1) is 25.8. The van der Waals surface area contributed by atoms with E-state index in [1.165, 1.54) is 0 Å². The first-order chi connectivity index (χ1) is 12.7. The number of nitrogens with zero attached hydrogens (tertiary/aromatic N) is 1. The van der Waals surface area contributed by atoms with E-state index in [9.17, 15) is 8.78 Å². The van der Waals surface area contributed by atoms with E-state index in [0.29, 0.717) is 38.1 Å². The number of aliphatic imine (C=N–C) groups is 1. The zero-order chi connectivity index (χ0) is 19.0. The molecule has 0 bridgehead atoms. The summed E-state index contributed by atoms with van der Waals surface area (Å²) in [5.41, 5.74) is 0.886. The molecule has 0 aliphatic heterocycles. The molecule has 1 aromatic carbocycles. The van der Waals surface area contributed by atoms with Crippen LogP contribution in [-0.4, -0.2) is 59.0 Å². The van der Waals surface area contributed by atoms with Gasteiger partial charge >= 0.3 is 0 Å². The van der Waals surface area contributed by atoms with Crippen molar-refractivity contribution in [1.82, 2.24) is 10.6 Å². The second kappa shape index (κ2) is 16.9. The van der Waals surface area contributed by atoms with Crippen molar-refractivity contribution in [2.24, 2.45) is 4.99 Å². The maximum absolute atomic E-state index is 12.2. The molecule has 0 amide bonds. The number of nitrogens with one attached hydrogen (secondary N) is 2. The van der Waals surface area contributed by atoms with Gasteiger partial charge in [0.05, 0.1) is 19.8 Å². The van der Waals surface area contributed by atoms with E-state index in [4.69, 9.17) is 14.2 Å². The van der Waals surface area contributed by atoms with Crippen LogP contribution in [-0.2, 0) is 16.0 Å². The molecule has 156 valence electrons. The molecular weight excluding hydrogens is 471 g/mol. The Bertz CT molecular complexity index is 522. The minimum Gasteiger partial charge on any atom is -0.488 e. The van der Waals surface area contributed by atoms with E-state index in [-0.39, 0.29) is 24.0 Å². The summed E-state index contributed by atoms with van der Waals surface area (Å²) in [5, 5.41) is 6.40. The molecule has 9 heteroatoms. The van der Waals surface area contributed by atoms with Crippen molar-refractivity contribution < 1.29 is 23.0 Å². The van der Waals surface area contributed by atoms with Crippen molar-refractivity contribution in [3.63, 3.8) is 0 Å². The number of hydrogen-bond donors (Lipinski definition) is 2. The predicted octanol–water partition coefficient (Wildman–Crippen LogP) is 3.06. The van der Waals surface area contributed by atoms with Gasteiger partial charge in [-0.3, -0.25) is 0 Å². The number of guanidine groups is 1. The summed E-state index contributed by atoms with van der Waals surface area (Å²) in [5.74, 6) is 1.12. The predicted molar refractivity (Wildman–Crippen MR) is 113 cm³/mol. The Morgan fingerprint density at radius 3 is 2.70 bits per heavy atom. The maximum atomic E-state index is 12.2. The van der Waals surface area contributed by atoms with Gasteiger partial charge in [-0.05, 0) is 31.0 Å². The molecule has 0 unspecified atom stereocenters. The summed E-state index contributed by atoms with van der Waals surface area (Å²) >= 11 is 0. The van der Waals surface area contributed by atoms with Gasteiger partial charge in [0, 0.05) is 26.8 Å². The lowest BCUT2D eigenvalue weighted by atomic mass is 10.2. The fourth-order valence-corrected chi connectivity index (χ4v) is 2.03. The Kier molecular flexibility index (Phi) is 16.2. The fraction of sp³-hybridized carbons (Fsp3) is 0.611. The van der Waals surface area contributed by atoms with Crippen molar-refractivity contribution >= 4 is 29.9 Å². The summed E-state index contributed by atoms with van der Waals surface area (Å²) in [6.45, 7) is 5.12. The van der Waals surface area contributed by atoms with Crippen LogP contribution >= 0.6 is 24.0 Å². The number of methoxy groups -OCH3 is 1. The van der Waals surface area contributed by atoms with Gasteiger partial charge in [-0.25, -0.2) is 13.8 Å². The molecule has 0 fully saturated rings. The first-order valence-corrected chi connectivity index (χ1v) is 8.74. The fourth-order valence-electron chi connectivity index (χ4n) is 2.03. The summed E-state index contributed by atoms with van der Waals surface area (Å²) < 4.78 is 39.8. The van der Waals surface area contributed by atoms with Crippen LogP contribution in [0.15, 0.2) is 29.3 Å². The molecule has 0 spiro atoms.